The number of hydrogen-bond donors (Lipinski definition) is 3. The predicted octanol–water partition coefficient (Wildman–Crippen LogP) is 1.56. The van der Waals surface area contributed by atoms with Crippen LogP contribution in [0.5, 0.6) is 0 Å². The Kier molecular flexibility index (Phi) is 4.12. The summed E-state index contributed by atoms with van der Waals surface area (Å²) in [6.07, 6.45) is 2.49. The van der Waals surface area contributed by atoms with E-state index in [0.29, 0.717) is 5.39 Å². The highest BCUT2D eigenvalue weighted by Gasteiger charge is 2.10. The molecule has 0 spiro atoms. The highest BCUT2D eigenvalue weighted by molar-refractivity contribution is 5.84. The van der Waals surface area contributed by atoms with E-state index in [1.54, 1.807) is 6.20 Å². The van der Waals surface area contributed by atoms with Crippen molar-refractivity contribution in [3.8, 4) is 0 Å². The van der Waals surface area contributed by atoms with Crippen LogP contribution in [-0.4, -0.2) is 23.2 Å². The van der Waals surface area contributed by atoms with Crippen LogP contribution in [0.25, 0.3) is 10.8 Å². The molecule has 0 amide bonds. The minimum atomic E-state index is -0.0584. The lowest BCUT2D eigenvalue weighted by Gasteiger charge is -2.15. The van der Waals surface area contributed by atoms with Gasteiger partial charge in [0.2, 0.25) is 0 Å². The first-order valence-corrected chi connectivity index (χ1v) is 6.18. The number of aromatic nitrogens is 1. The van der Waals surface area contributed by atoms with Gasteiger partial charge in [0.15, 0.2) is 0 Å². The summed E-state index contributed by atoms with van der Waals surface area (Å²) < 4.78 is 0. The van der Waals surface area contributed by atoms with Gasteiger partial charge in [0.25, 0.3) is 5.56 Å². The van der Waals surface area contributed by atoms with Gasteiger partial charge in [-0.2, -0.15) is 0 Å². The van der Waals surface area contributed by atoms with Gasteiger partial charge in [-0.05, 0) is 36.9 Å². The second-order valence-electron chi connectivity index (χ2n) is 4.37. The highest BCUT2D eigenvalue weighted by Crippen LogP contribution is 2.20. The molecule has 0 fully saturated rings. The molecule has 96 valence electrons. The van der Waals surface area contributed by atoms with E-state index in [2.05, 4.69) is 17.2 Å². The summed E-state index contributed by atoms with van der Waals surface area (Å²) >= 11 is 0. The van der Waals surface area contributed by atoms with Crippen LogP contribution in [0, 0.1) is 0 Å². The summed E-state index contributed by atoms with van der Waals surface area (Å²) in [4.78, 5) is 14.5. The van der Waals surface area contributed by atoms with E-state index < -0.39 is 0 Å². The minimum absolute atomic E-state index is 0.0584. The van der Waals surface area contributed by atoms with Gasteiger partial charge in [-0.25, -0.2) is 0 Å². The Hall–Kier alpha value is -1.65. The van der Waals surface area contributed by atoms with Crippen molar-refractivity contribution in [2.45, 2.75) is 19.4 Å². The molecule has 3 N–H and O–H groups in total. The van der Waals surface area contributed by atoms with E-state index in [9.17, 15) is 4.79 Å². The maximum Gasteiger partial charge on any atom is 0.255 e. The van der Waals surface area contributed by atoms with Crippen LogP contribution in [0.2, 0.25) is 0 Å². The number of aliphatic hydroxyl groups excluding tert-OH is 1. The normalized spacial score (nSPS) is 12.8. The molecule has 4 nitrogen and oxygen atoms in total. The molecule has 0 radical (unpaired) electrons. The van der Waals surface area contributed by atoms with Crippen LogP contribution >= 0.6 is 0 Å². The SMILES string of the molecule is CC(NCCCO)c1c[nH]c(=O)c2ccccc12. The van der Waals surface area contributed by atoms with E-state index in [4.69, 9.17) is 5.11 Å². The molecule has 0 aliphatic rings. The number of hydrogen-bond acceptors (Lipinski definition) is 3. The van der Waals surface area contributed by atoms with Gasteiger partial charge >= 0.3 is 0 Å². The molecule has 0 saturated heterocycles. The van der Waals surface area contributed by atoms with Crippen LogP contribution in [0.3, 0.4) is 0 Å². The summed E-state index contributed by atoms with van der Waals surface area (Å²) in [6, 6.07) is 7.73. The van der Waals surface area contributed by atoms with Gasteiger partial charge in [0.05, 0.1) is 0 Å². The van der Waals surface area contributed by atoms with Crippen molar-refractivity contribution in [2.75, 3.05) is 13.2 Å². The molecule has 1 aromatic carbocycles. The maximum atomic E-state index is 11.7. The number of aliphatic hydroxyl groups is 1. The van der Waals surface area contributed by atoms with Crippen LogP contribution in [0.4, 0.5) is 0 Å². The van der Waals surface area contributed by atoms with Gasteiger partial charge in [-0.15, -0.1) is 0 Å². The standard InChI is InChI=1S/C14H18N2O2/c1-10(15-7-4-8-17)13-9-16-14(18)12-6-3-2-5-11(12)13/h2-3,5-6,9-10,15,17H,4,7-8H2,1H3,(H,16,18). The number of rotatable bonds is 5. The Balaban J connectivity index is 2.33. The zero-order valence-electron chi connectivity index (χ0n) is 10.4. The number of H-pyrrole nitrogens is 1. The second kappa shape index (κ2) is 5.80. The van der Waals surface area contributed by atoms with E-state index in [0.717, 1.165) is 23.9 Å². The van der Waals surface area contributed by atoms with Crippen molar-refractivity contribution < 1.29 is 5.11 Å². The van der Waals surface area contributed by atoms with Gasteiger partial charge in [-0.3, -0.25) is 4.79 Å². The fourth-order valence-corrected chi connectivity index (χ4v) is 2.10. The van der Waals surface area contributed by atoms with Gasteiger partial charge in [-0.1, -0.05) is 18.2 Å². The third-order valence-corrected chi connectivity index (χ3v) is 3.09. The average molecular weight is 246 g/mol. The molecular weight excluding hydrogens is 228 g/mol. The fourth-order valence-electron chi connectivity index (χ4n) is 2.10. The first-order chi connectivity index (χ1) is 8.74. The molecule has 0 aliphatic carbocycles. The monoisotopic (exact) mass is 246 g/mol. The fraction of sp³-hybridized carbons (Fsp3) is 0.357. The van der Waals surface area contributed by atoms with E-state index >= 15 is 0 Å². The zero-order valence-corrected chi connectivity index (χ0v) is 10.4. The largest absolute Gasteiger partial charge is 0.396 e. The topological polar surface area (TPSA) is 65.1 Å². The van der Waals surface area contributed by atoms with E-state index in [1.807, 2.05) is 24.3 Å². The first-order valence-electron chi connectivity index (χ1n) is 6.18. The molecule has 0 saturated carbocycles. The quantitative estimate of drug-likeness (QED) is 0.701. The van der Waals surface area contributed by atoms with Crippen molar-refractivity contribution in [3.63, 3.8) is 0 Å². The summed E-state index contributed by atoms with van der Waals surface area (Å²) in [5, 5.41) is 13.8. The number of fused-ring (bicyclic) bond motifs is 1. The highest BCUT2D eigenvalue weighted by atomic mass is 16.3. The Bertz CT molecular complexity index is 577. The minimum Gasteiger partial charge on any atom is -0.396 e. The Labute approximate surface area is 106 Å². The lowest BCUT2D eigenvalue weighted by Crippen LogP contribution is -2.22. The lowest BCUT2D eigenvalue weighted by atomic mass is 10.0. The van der Waals surface area contributed by atoms with Gasteiger partial charge in [0.1, 0.15) is 0 Å². The third-order valence-electron chi connectivity index (χ3n) is 3.09. The van der Waals surface area contributed by atoms with Gasteiger partial charge < -0.3 is 15.4 Å². The van der Waals surface area contributed by atoms with E-state index in [-0.39, 0.29) is 18.2 Å². The van der Waals surface area contributed by atoms with Gasteiger partial charge in [0, 0.05) is 24.2 Å². The number of benzene rings is 1. The summed E-state index contributed by atoms with van der Waals surface area (Å²) in [7, 11) is 0. The Morgan fingerprint density at radius 3 is 2.78 bits per heavy atom. The summed E-state index contributed by atoms with van der Waals surface area (Å²) in [5.41, 5.74) is 1.01. The Morgan fingerprint density at radius 2 is 2.06 bits per heavy atom. The molecule has 1 unspecified atom stereocenters. The molecule has 18 heavy (non-hydrogen) atoms. The summed E-state index contributed by atoms with van der Waals surface area (Å²) in [6.45, 7) is 2.99. The first kappa shape index (κ1) is 12.8. The second-order valence-corrected chi connectivity index (χ2v) is 4.37. The number of nitrogens with one attached hydrogen (secondary N) is 2. The molecule has 0 bridgehead atoms. The molecule has 2 aromatic rings. The van der Waals surface area contributed by atoms with Crippen LogP contribution in [0.15, 0.2) is 35.3 Å². The van der Waals surface area contributed by atoms with Crippen molar-refractivity contribution in [2.24, 2.45) is 0 Å². The van der Waals surface area contributed by atoms with Crippen molar-refractivity contribution in [1.82, 2.24) is 10.3 Å². The molecule has 4 heteroatoms. The van der Waals surface area contributed by atoms with Crippen molar-refractivity contribution in [1.29, 1.82) is 0 Å². The third kappa shape index (κ3) is 2.60. The maximum absolute atomic E-state index is 11.7. The molecular formula is C14H18N2O2. The number of pyridine rings is 1. The molecule has 0 aliphatic heterocycles. The number of aromatic amines is 1. The van der Waals surface area contributed by atoms with Crippen molar-refractivity contribution >= 4 is 10.8 Å². The Morgan fingerprint density at radius 1 is 1.33 bits per heavy atom. The predicted molar refractivity (Wildman–Crippen MR) is 72.7 cm³/mol. The van der Waals surface area contributed by atoms with Crippen LogP contribution < -0.4 is 10.9 Å². The summed E-state index contributed by atoms with van der Waals surface area (Å²) in [5.74, 6) is 0. The zero-order chi connectivity index (χ0) is 13.0. The smallest absolute Gasteiger partial charge is 0.255 e. The lowest BCUT2D eigenvalue weighted by molar-refractivity contribution is 0.284. The molecule has 2 rings (SSSR count). The van der Waals surface area contributed by atoms with Crippen molar-refractivity contribution in [3.05, 3.63) is 46.4 Å². The molecule has 1 atom stereocenters. The van der Waals surface area contributed by atoms with E-state index in [1.165, 1.54) is 0 Å². The van der Waals surface area contributed by atoms with Crippen LogP contribution in [-0.2, 0) is 0 Å². The van der Waals surface area contributed by atoms with Crippen LogP contribution in [0.1, 0.15) is 24.9 Å². The molecule has 1 aromatic heterocycles. The average Bonchev–Trinajstić information content (AvgIpc) is 2.39. The molecule has 1 heterocycles.